The monoisotopic (exact) mass is 1040 g/mol. The molecule has 0 N–H and O–H groups in total. The quantitative estimate of drug-likeness (QED) is 0.125. The maximum Gasteiger partial charge on any atom is 0.238 e. The summed E-state index contributed by atoms with van der Waals surface area (Å²) in [5, 5.41) is 6.54. The minimum atomic E-state index is 0.492. The Hall–Kier alpha value is -10.7. The minimum absolute atomic E-state index is 0.492. The molecule has 0 bridgehead atoms. The fourth-order valence-corrected chi connectivity index (χ4v) is 11.9. The predicted octanol–water partition coefficient (Wildman–Crippen LogP) is 18.8. The lowest BCUT2D eigenvalue weighted by Gasteiger charge is -2.26. The summed E-state index contributed by atoms with van der Waals surface area (Å²) in [4.78, 5) is 35.6. The second-order valence-electron chi connectivity index (χ2n) is 19.5. The topological polar surface area (TPSA) is 97.0 Å². The van der Waals surface area contributed by atoms with Gasteiger partial charge in [0.15, 0.2) is 29.1 Å². The van der Waals surface area contributed by atoms with Gasteiger partial charge in [0, 0.05) is 87.2 Å². The van der Waals surface area contributed by atoms with Gasteiger partial charge in [-0.05, 0) is 89.6 Å². The maximum atomic E-state index is 6.29. The Morgan fingerprint density at radius 2 is 0.750 bits per heavy atom. The number of hydrogen-bond acceptors (Lipinski definition) is 10. The largest absolute Gasteiger partial charge is 0.456 e. The van der Waals surface area contributed by atoms with Crippen LogP contribution in [0.5, 0.6) is 0 Å². The van der Waals surface area contributed by atoms with Crippen LogP contribution in [0.1, 0.15) is 0 Å². The van der Waals surface area contributed by atoms with Gasteiger partial charge in [0.05, 0.1) is 0 Å². The van der Waals surface area contributed by atoms with Gasteiger partial charge < -0.3 is 9.32 Å². The Kier molecular flexibility index (Phi) is 11.5. The van der Waals surface area contributed by atoms with Gasteiger partial charge >= 0.3 is 0 Å². The van der Waals surface area contributed by atoms with Crippen molar-refractivity contribution in [2.24, 2.45) is 0 Å². The fourth-order valence-electron chi connectivity index (χ4n) is 10.7. The highest BCUT2D eigenvalue weighted by Crippen LogP contribution is 2.44. The van der Waals surface area contributed by atoms with Crippen molar-refractivity contribution in [1.82, 2.24) is 29.9 Å². The zero-order valence-electron chi connectivity index (χ0n) is 42.8. The summed E-state index contributed by atoms with van der Waals surface area (Å²) in [6, 6.07) is 91.8. The molecule has 0 atom stereocenters. The third kappa shape index (κ3) is 8.53. The van der Waals surface area contributed by atoms with Crippen LogP contribution in [0.4, 0.5) is 34.4 Å². The number of benzene rings is 11. The summed E-state index contributed by atoms with van der Waals surface area (Å²) in [7, 11) is 0. The second-order valence-corrected chi connectivity index (χ2v) is 20.6. The summed E-state index contributed by atoms with van der Waals surface area (Å²) in [5.74, 6) is 3.46. The molecule has 0 radical (unpaired) electrons. The molecule has 0 unspecified atom stereocenters. The lowest BCUT2D eigenvalue weighted by molar-refractivity contribution is 0.669. The van der Waals surface area contributed by atoms with Gasteiger partial charge in [-0.3, -0.25) is 4.90 Å². The Morgan fingerprint density at radius 1 is 0.275 bits per heavy atom. The first kappa shape index (κ1) is 46.6. The van der Waals surface area contributed by atoms with Crippen LogP contribution in [0.25, 0.3) is 110 Å². The molecule has 80 heavy (non-hydrogen) atoms. The van der Waals surface area contributed by atoms with Crippen LogP contribution in [0.15, 0.2) is 271 Å². The molecule has 11 aromatic carbocycles. The van der Waals surface area contributed by atoms with Gasteiger partial charge in [-0.25, -0.2) is 19.9 Å². The van der Waals surface area contributed by atoms with E-state index in [4.69, 9.17) is 34.3 Å². The molecule has 0 aliphatic heterocycles. The summed E-state index contributed by atoms with van der Waals surface area (Å²) in [5.41, 5.74) is 11.0. The van der Waals surface area contributed by atoms with Crippen LogP contribution in [-0.4, -0.2) is 29.9 Å². The van der Waals surface area contributed by atoms with E-state index in [9.17, 15) is 0 Å². The first-order chi connectivity index (χ1) is 39.6. The first-order valence-corrected chi connectivity index (χ1v) is 27.2. The van der Waals surface area contributed by atoms with Crippen molar-refractivity contribution in [2.45, 2.75) is 0 Å². The first-order valence-electron chi connectivity index (χ1n) is 26.4. The molecule has 0 fully saturated rings. The molecule has 0 aliphatic rings. The predicted molar refractivity (Wildman–Crippen MR) is 327 cm³/mol. The lowest BCUT2D eigenvalue weighted by Crippen LogP contribution is -2.15. The van der Waals surface area contributed by atoms with Crippen molar-refractivity contribution in [3.05, 3.63) is 267 Å². The minimum Gasteiger partial charge on any atom is -0.456 e. The van der Waals surface area contributed by atoms with Gasteiger partial charge in [-0.15, -0.1) is 11.3 Å². The highest BCUT2D eigenvalue weighted by Gasteiger charge is 2.23. The van der Waals surface area contributed by atoms with E-state index < -0.39 is 0 Å². The van der Waals surface area contributed by atoms with Crippen molar-refractivity contribution < 1.29 is 4.42 Å². The molecule has 4 aromatic heterocycles. The van der Waals surface area contributed by atoms with Gasteiger partial charge in [0.2, 0.25) is 5.95 Å². The molecule has 10 heteroatoms. The fraction of sp³-hybridized carbons (Fsp3) is 0. The van der Waals surface area contributed by atoms with E-state index >= 15 is 0 Å². The van der Waals surface area contributed by atoms with Crippen molar-refractivity contribution in [3.8, 4) is 56.9 Å². The summed E-state index contributed by atoms with van der Waals surface area (Å²) >= 11 is 1.76. The van der Waals surface area contributed by atoms with Crippen molar-refractivity contribution in [3.63, 3.8) is 0 Å². The summed E-state index contributed by atoms with van der Waals surface area (Å²) < 4.78 is 8.56. The number of hydrogen-bond donors (Lipinski definition) is 0. The van der Waals surface area contributed by atoms with Crippen molar-refractivity contribution >= 4 is 98.6 Å². The molecular formula is C70H44N8OS. The zero-order valence-corrected chi connectivity index (χ0v) is 43.6. The number of nitrogens with zero attached hydrogens (tertiary/aromatic N) is 8. The normalized spacial score (nSPS) is 11.5. The number of anilines is 6. The van der Waals surface area contributed by atoms with Crippen LogP contribution in [-0.2, 0) is 0 Å². The van der Waals surface area contributed by atoms with E-state index in [2.05, 4.69) is 168 Å². The third-order valence-electron chi connectivity index (χ3n) is 14.5. The molecule has 9 nitrogen and oxygen atoms in total. The highest BCUT2D eigenvalue weighted by molar-refractivity contribution is 7.25. The number of rotatable bonds is 11. The van der Waals surface area contributed by atoms with Crippen molar-refractivity contribution in [2.75, 3.05) is 9.80 Å². The molecule has 376 valence electrons. The molecule has 15 rings (SSSR count). The van der Waals surface area contributed by atoms with Gasteiger partial charge in [0.1, 0.15) is 11.2 Å². The smallest absolute Gasteiger partial charge is 0.238 e. The van der Waals surface area contributed by atoms with E-state index in [1.54, 1.807) is 11.3 Å². The number of furan rings is 1. The average Bonchev–Trinajstić information content (AvgIpc) is 4.17. The lowest BCUT2D eigenvalue weighted by atomic mass is 10.0. The third-order valence-corrected chi connectivity index (χ3v) is 15.7. The maximum absolute atomic E-state index is 6.29. The van der Waals surface area contributed by atoms with E-state index in [1.165, 1.54) is 5.39 Å². The Morgan fingerprint density at radius 3 is 1.49 bits per heavy atom. The number of fused-ring (bicyclic) bond motifs is 7. The van der Waals surface area contributed by atoms with Crippen LogP contribution < -0.4 is 9.80 Å². The Bertz CT molecular complexity index is 4740. The number of para-hydroxylation sites is 3. The molecule has 0 aliphatic carbocycles. The average molecular weight is 1050 g/mol. The highest BCUT2D eigenvalue weighted by atomic mass is 32.1. The van der Waals surface area contributed by atoms with Gasteiger partial charge in [0.25, 0.3) is 0 Å². The molecular weight excluding hydrogens is 1000 g/mol. The van der Waals surface area contributed by atoms with E-state index in [0.717, 1.165) is 104 Å². The number of aromatic nitrogens is 6. The van der Waals surface area contributed by atoms with Crippen LogP contribution >= 0.6 is 11.3 Å². The molecule has 0 saturated carbocycles. The molecule has 0 spiro atoms. The SMILES string of the molecule is c1ccc(-c2nc(-c3ccccc3)nc(-c3cccc(N(c4ccccc4)c4ccc5c(c4)sc4cc(-c6nc(-c7cccc8ccccc78)nc(N(c7ccccc7)c7ccc8oc9ccccc9c8c7)n6)ccc45)c3)n2)cc1. The number of thiophene rings is 1. The summed E-state index contributed by atoms with van der Waals surface area (Å²) in [6.07, 6.45) is 0. The molecule has 0 amide bonds. The molecule has 0 saturated heterocycles. The van der Waals surface area contributed by atoms with Gasteiger partial charge in [-0.1, -0.05) is 188 Å². The van der Waals surface area contributed by atoms with Crippen molar-refractivity contribution in [1.29, 1.82) is 0 Å². The van der Waals surface area contributed by atoms with E-state index in [0.29, 0.717) is 35.1 Å². The Balaban J connectivity index is 0.852. The standard InChI is InChI=1S/C70H44N8OS/c1-5-20-46(21-6-1)65-71-66(47-22-7-2-8-23-47)73-67(72-65)48-25-17-30-52(41-48)77(50-26-9-3-10-27-50)54-36-39-58-57-38-35-49(42-63(57)80-64(58)44-54)68-74-69(59-33-18-24-45-19-13-14-31-55(45)59)76-70(75-68)78(51-28-11-4-12-29-51)53-37-40-62-60(43-53)56-32-15-16-34-61(56)79-62/h1-44H. The van der Waals surface area contributed by atoms with E-state index in [-0.39, 0.29) is 0 Å². The van der Waals surface area contributed by atoms with Crippen LogP contribution in [0, 0.1) is 0 Å². The molecule has 15 aromatic rings. The van der Waals surface area contributed by atoms with E-state index in [1.807, 2.05) is 109 Å². The second kappa shape index (κ2) is 19.7. The van der Waals surface area contributed by atoms with Crippen LogP contribution in [0.2, 0.25) is 0 Å². The van der Waals surface area contributed by atoms with Crippen LogP contribution in [0.3, 0.4) is 0 Å². The summed E-state index contributed by atoms with van der Waals surface area (Å²) in [6.45, 7) is 0. The molecule has 4 heterocycles. The zero-order chi connectivity index (χ0) is 52.9. The van der Waals surface area contributed by atoms with Gasteiger partial charge in [-0.2, -0.15) is 9.97 Å². The Labute approximate surface area is 464 Å².